The van der Waals surface area contributed by atoms with Gasteiger partial charge < -0.3 is 4.74 Å². The number of Topliss-reactive ketones (excluding diaryl/α,β-unsaturated/α-hetero) is 1. The van der Waals surface area contributed by atoms with Gasteiger partial charge in [0.1, 0.15) is 15.6 Å². The summed E-state index contributed by atoms with van der Waals surface area (Å²) in [6.07, 6.45) is 1.15. The highest BCUT2D eigenvalue weighted by molar-refractivity contribution is 7.90. The SMILES string of the molecule is COc1csc(C(=O)CCS(C)(=O)=O)c1. The molecular formula is C9H12O4S2. The molecule has 0 atom stereocenters. The van der Waals surface area contributed by atoms with Crippen molar-refractivity contribution in [2.24, 2.45) is 0 Å². The monoisotopic (exact) mass is 248 g/mol. The largest absolute Gasteiger partial charge is 0.496 e. The van der Waals surface area contributed by atoms with E-state index < -0.39 is 9.84 Å². The fourth-order valence-electron chi connectivity index (χ4n) is 0.973. The Morgan fingerprint density at radius 1 is 1.53 bits per heavy atom. The van der Waals surface area contributed by atoms with Gasteiger partial charge in [0.05, 0.1) is 17.7 Å². The van der Waals surface area contributed by atoms with Crippen LogP contribution < -0.4 is 4.74 Å². The maximum Gasteiger partial charge on any atom is 0.173 e. The maximum atomic E-state index is 11.5. The van der Waals surface area contributed by atoms with Gasteiger partial charge in [-0.3, -0.25) is 4.79 Å². The van der Waals surface area contributed by atoms with Gasteiger partial charge in [-0.05, 0) is 0 Å². The molecule has 0 radical (unpaired) electrons. The van der Waals surface area contributed by atoms with E-state index in [1.807, 2.05) is 0 Å². The van der Waals surface area contributed by atoms with E-state index in [4.69, 9.17) is 4.74 Å². The molecular weight excluding hydrogens is 236 g/mol. The van der Waals surface area contributed by atoms with Gasteiger partial charge in [-0.25, -0.2) is 8.42 Å². The van der Waals surface area contributed by atoms with Crippen LogP contribution in [0.15, 0.2) is 11.4 Å². The zero-order valence-corrected chi connectivity index (χ0v) is 10.2. The van der Waals surface area contributed by atoms with Crippen LogP contribution in [0.1, 0.15) is 16.1 Å². The van der Waals surface area contributed by atoms with Crippen molar-refractivity contribution in [3.05, 3.63) is 16.3 Å². The lowest BCUT2D eigenvalue weighted by atomic mass is 10.2. The molecule has 1 rings (SSSR count). The van der Waals surface area contributed by atoms with Crippen molar-refractivity contribution in [3.8, 4) is 5.75 Å². The van der Waals surface area contributed by atoms with Crippen molar-refractivity contribution in [1.29, 1.82) is 0 Å². The second-order valence-electron chi connectivity index (χ2n) is 3.15. The highest BCUT2D eigenvalue weighted by atomic mass is 32.2. The number of carbonyl (C=O) groups is 1. The van der Waals surface area contributed by atoms with Crippen molar-refractivity contribution in [1.82, 2.24) is 0 Å². The van der Waals surface area contributed by atoms with Crippen molar-refractivity contribution in [2.75, 3.05) is 19.1 Å². The number of ether oxygens (including phenoxy) is 1. The van der Waals surface area contributed by atoms with Gasteiger partial charge in [-0.15, -0.1) is 11.3 Å². The summed E-state index contributed by atoms with van der Waals surface area (Å²) in [5.41, 5.74) is 0. The van der Waals surface area contributed by atoms with Crippen molar-refractivity contribution < 1.29 is 17.9 Å². The molecule has 15 heavy (non-hydrogen) atoms. The van der Waals surface area contributed by atoms with Crippen LogP contribution in [0.5, 0.6) is 5.75 Å². The molecule has 84 valence electrons. The quantitative estimate of drug-likeness (QED) is 0.738. The summed E-state index contributed by atoms with van der Waals surface area (Å²) < 4.78 is 26.6. The molecule has 0 unspecified atom stereocenters. The Morgan fingerprint density at radius 2 is 2.20 bits per heavy atom. The number of sulfone groups is 1. The molecule has 0 aliphatic rings. The molecule has 0 saturated carbocycles. The van der Waals surface area contributed by atoms with Gasteiger partial charge in [0, 0.05) is 24.1 Å². The van der Waals surface area contributed by atoms with E-state index in [1.165, 1.54) is 18.4 Å². The Hall–Kier alpha value is -0.880. The van der Waals surface area contributed by atoms with E-state index >= 15 is 0 Å². The molecule has 0 saturated heterocycles. The minimum atomic E-state index is -3.07. The number of rotatable bonds is 5. The first-order chi connectivity index (χ1) is 6.92. The Bertz CT molecular complexity index is 444. The fraction of sp³-hybridized carbons (Fsp3) is 0.444. The topological polar surface area (TPSA) is 60.4 Å². The predicted molar refractivity (Wildman–Crippen MR) is 59.5 cm³/mol. The van der Waals surface area contributed by atoms with E-state index in [2.05, 4.69) is 0 Å². The van der Waals surface area contributed by atoms with Crippen LogP contribution in [0.2, 0.25) is 0 Å². The molecule has 0 aromatic carbocycles. The number of thiophene rings is 1. The third-order valence-electron chi connectivity index (χ3n) is 1.79. The van der Waals surface area contributed by atoms with E-state index in [0.717, 1.165) is 6.26 Å². The van der Waals surface area contributed by atoms with Crippen LogP contribution in [0.25, 0.3) is 0 Å². The van der Waals surface area contributed by atoms with Gasteiger partial charge in [-0.2, -0.15) is 0 Å². The van der Waals surface area contributed by atoms with Gasteiger partial charge >= 0.3 is 0 Å². The third kappa shape index (κ3) is 4.01. The van der Waals surface area contributed by atoms with Gasteiger partial charge in [-0.1, -0.05) is 0 Å². The Labute approximate surface area is 92.8 Å². The Morgan fingerprint density at radius 3 is 2.67 bits per heavy atom. The number of carbonyl (C=O) groups excluding carboxylic acids is 1. The van der Waals surface area contributed by atoms with Crippen LogP contribution in [0, 0.1) is 0 Å². The summed E-state index contributed by atoms with van der Waals surface area (Å²) in [5.74, 6) is 0.364. The Balaban J connectivity index is 2.62. The summed E-state index contributed by atoms with van der Waals surface area (Å²) in [4.78, 5) is 12.0. The van der Waals surface area contributed by atoms with Crippen LogP contribution in [0.3, 0.4) is 0 Å². The number of methoxy groups -OCH3 is 1. The summed E-state index contributed by atoms with van der Waals surface area (Å²) in [6.45, 7) is 0. The minimum absolute atomic E-state index is 0.0303. The Kier molecular flexibility index (Phi) is 3.87. The number of hydrogen-bond donors (Lipinski definition) is 0. The summed E-state index contributed by atoms with van der Waals surface area (Å²) in [7, 11) is -1.55. The standard InChI is InChI=1S/C9H12O4S2/c1-13-7-5-9(14-6-7)8(10)3-4-15(2,11)12/h5-6H,3-4H2,1-2H3. The lowest BCUT2D eigenvalue weighted by Gasteiger charge is -1.96. The fourth-order valence-corrected chi connectivity index (χ4v) is 2.35. The first-order valence-electron chi connectivity index (χ1n) is 4.26. The number of hydrogen-bond acceptors (Lipinski definition) is 5. The second-order valence-corrected chi connectivity index (χ2v) is 6.32. The van der Waals surface area contributed by atoms with Crippen LogP contribution in [-0.4, -0.2) is 33.3 Å². The normalized spacial score (nSPS) is 11.3. The highest BCUT2D eigenvalue weighted by Crippen LogP contribution is 2.22. The van der Waals surface area contributed by atoms with Crippen molar-refractivity contribution in [2.45, 2.75) is 6.42 Å². The zero-order valence-electron chi connectivity index (χ0n) is 8.52. The molecule has 0 aliphatic carbocycles. The molecule has 0 aliphatic heterocycles. The summed E-state index contributed by atoms with van der Waals surface area (Å²) in [6, 6.07) is 1.62. The molecule has 0 bridgehead atoms. The van der Waals surface area contributed by atoms with Crippen LogP contribution >= 0.6 is 11.3 Å². The number of ketones is 1. The van der Waals surface area contributed by atoms with E-state index in [0.29, 0.717) is 10.6 Å². The average Bonchev–Trinajstić information content (AvgIpc) is 2.61. The van der Waals surface area contributed by atoms with Crippen molar-refractivity contribution >= 4 is 27.0 Å². The van der Waals surface area contributed by atoms with Crippen LogP contribution in [0.4, 0.5) is 0 Å². The lowest BCUT2D eigenvalue weighted by molar-refractivity contribution is 0.0992. The third-order valence-corrected chi connectivity index (χ3v) is 3.68. The summed E-state index contributed by atoms with van der Waals surface area (Å²) >= 11 is 1.26. The molecule has 4 nitrogen and oxygen atoms in total. The molecule has 0 amide bonds. The molecule has 6 heteroatoms. The zero-order chi connectivity index (χ0) is 11.5. The predicted octanol–water partition coefficient (Wildman–Crippen LogP) is 1.37. The maximum absolute atomic E-state index is 11.5. The molecule has 1 heterocycles. The van der Waals surface area contributed by atoms with Crippen molar-refractivity contribution in [3.63, 3.8) is 0 Å². The van der Waals surface area contributed by atoms with Gasteiger partial charge in [0.15, 0.2) is 5.78 Å². The smallest absolute Gasteiger partial charge is 0.173 e. The molecule has 0 N–H and O–H groups in total. The first kappa shape index (κ1) is 12.2. The van der Waals surface area contributed by atoms with Gasteiger partial charge in [0.2, 0.25) is 0 Å². The van der Waals surface area contributed by atoms with E-state index in [9.17, 15) is 13.2 Å². The second kappa shape index (κ2) is 4.76. The minimum Gasteiger partial charge on any atom is -0.496 e. The average molecular weight is 248 g/mol. The molecule has 1 aromatic heterocycles. The van der Waals surface area contributed by atoms with Crippen LogP contribution in [-0.2, 0) is 9.84 Å². The highest BCUT2D eigenvalue weighted by Gasteiger charge is 2.12. The molecule has 1 aromatic rings. The first-order valence-corrected chi connectivity index (χ1v) is 7.20. The van der Waals surface area contributed by atoms with Gasteiger partial charge in [0.25, 0.3) is 0 Å². The van der Waals surface area contributed by atoms with E-state index in [-0.39, 0.29) is 18.0 Å². The summed E-state index contributed by atoms with van der Waals surface area (Å²) in [5, 5.41) is 1.72. The molecule has 0 spiro atoms. The lowest BCUT2D eigenvalue weighted by Crippen LogP contribution is -2.08. The van der Waals surface area contributed by atoms with E-state index in [1.54, 1.807) is 11.4 Å². The molecule has 0 fully saturated rings.